The SMILES string of the molecule is COC(=O)C1C[C@H](F)CN1C1CCN(C)CC1. The Kier molecular flexibility index (Phi) is 3.99. The van der Waals surface area contributed by atoms with E-state index in [0.717, 1.165) is 25.9 Å². The first-order valence-electron chi connectivity index (χ1n) is 6.28. The smallest absolute Gasteiger partial charge is 0.323 e. The van der Waals surface area contributed by atoms with Crippen LogP contribution >= 0.6 is 0 Å². The summed E-state index contributed by atoms with van der Waals surface area (Å²) in [6.45, 7) is 2.42. The molecule has 0 spiro atoms. The van der Waals surface area contributed by atoms with E-state index in [1.807, 2.05) is 4.90 Å². The van der Waals surface area contributed by atoms with Gasteiger partial charge in [0.25, 0.3) is 0 Å². The van der Waals surface area contributed by atoms with Crippen molar-refractivity contribution < 1.29 is 13.9 Å². The molecule has 2 aliphatic rings. The van der Waals surface area contributed by atoms with E-state index >= 15 is 0 Å². The number of hydrogen-bond donors (Lipinski definition) is 0. The average Bonchev–Trinajstić information content (AvgIpc) is 2.71. The maximum Gasteiger partial charge on any atom is 0.323 e. The Balaban J connectivity index is 2.00. The van der Waals surface area contributed by atoms with Gasteiger partial charge in [-0.05, 0) is 33.0 Å². The minimum Gasteiger partial charge on any atom is -0.468 e. The zero-order valence-corrected chi connectivity index (χ0v) is 10.6. The molecular weight excluding hydrogens is 223 g/mol. The van der Waals surface area contributed by atoms with Crippen LogP contribution in [0, 0.1) is 0 Å². The summed E-state index contributed by atoms with van der Waals surface area (Å²) in [5.41, 5.74) is 0. The molecule has 2 heterocycles. The summed E-state index contributed by atoms with van der Waals surface area (Å²) in [5.74, 6) is -0.288. The van der Waals surface area contributed by atoms with Gasteiger partial charge in [-0.3, -0.25) is 9.69 Å². The van der Waals surface area contributed by atoms with E-state index in [4.69, 9.17) is 4.74 Å². The van der Waals surface area contributed by atoms with Crippen molar-refractivity contribution in [1.29, 1.82) is 0 Å². The Morgan fingerprint density at radius 1 is 1.35 bits per heavy atom. The molecule has 0 amide bonds. The van der Waals surface area contributed by atoms with Crippen molar-refractivity contribution in [3.05, 3.63) is 0 Å². The third-order valence-electron chi connectivity index (χ3n) is 3.92. The highest BCUT2D eigenvalue weighted by molar-refractivity contribution is 5.76. The number of alkyl halides is 1. The number of rotatable bonds is 2. The molecule has 1 unspecified atom stereocenters. The number of halogens is 1. The number of likely N-dealkylation sites (tertiary alicyclic amines) is 2. The van der Waals surface area contributed by atoms with Crippen molar-refractivity contribution in [2.75, 3.05) is 33.8 Å². The van der Waals surface area contributed by atoms with Crippen LogP contribution in [0.15, 0.2) is 0 Å². The quantitative estimate of drug-likeness (QED) is 0.668. The van der Waals surface area contributed by atoms with Crippen LogP contribution in [-0.4, -0.2) is 67.8 Å². The molecule has 0 N–H and O–H groups in total. The van der Waals surface area contributed by atoms with Gasteiger partial charge in [-0.15, -0.1) is 0 Å². The summed E-state index contributed by atoms with van der Waals surface area (Å²) in [7, 11) is 3.47. The zero-order chi connectivity index (χ0) is 12.4. The lowest BCUT2D eigenvalue weighted by atomic mass is 10.0. The van der Waals surface area contributed by atoms with Crippen LogP contribution in [0.2, 0.25) is 0 Å². The Labute approximate surface area is 102 Å². The van der Waals surface area contributed by atoms with E-state index in [1.54, 1.807) is 0 Å². The Bertz CT molecular complexity index is 280. The number of piperidine rings is 1. The van der Waals surface area contributed by atoms with Crippen LogP contribution in [0.3, 0.4) is 0 Å². The van der Waals surface area contributed by atoms with E-state index in [9.17, 15) is 9.18 Å². The van der Waals surface area contributed by atoms with Crippen molar-refractivity contribution in [3.63, 3.8) is 0 Å². The van der Waals surface area contributed by atoms with Gasteiger partial charge in [0.05, 0.1) is 7.11 Å². The summed E-state index contributed by atoms with van der Waals surface area (Å²) < 4.78 is 18.3. The van der Waals surface area contributed by atoms with Gasteiger partial charge in [0, 0.05) is 19.0 Å². The maximum atomic E-state index is 13.5. The highest BCUT2D eigenvalue weighted by Crippen LogP contribution is 2.28. The van der Waals surface area contributed by atoms with Crippen molar-refractivity contribution >= 4 is 5.97 Å². The molecule has 2 aliphatic heterocycles. The second-order valence-electron chi connectivity index (χ2n) is 5.10. The van der Waals surface area contributed by atoms with Crippen LogP contribution in [0.1, 0.15) is 19.3 Å². The molecule has 0 bridgehead atoms. The minimum atomic E-state index is -0.890. The largest absolute Gasteiger partial charge is 0.468 e. The highest BCUT2D eigenvalue weighted by Gasteiger charge is 2.41. The maximum absolute atomic E-state index is 13.5. The fourth-order valence-electron chi connectivity index (χ4n) is 2.91. The molecule has 0 saturated carbocycles. The van der Waals surface area contributed by atoms with E-state index in [0.29, 0.717) is 19.0 Å². The monoisotopic (exact) mass is 244 g/mol. The predicted molar refractivity (Wildman–Crippen MR) is 62.5 cm³/mol. The third kappa shape index (κ3) is 2.77. The van der Waals surface area contributed by atoms with Crippen molar-refractivity contribution in [2.24, 2.45) is 0 Å². The summed E-state index contributed by atoms with van der Waals surface area (Å²) in [5, 5.41) is 0. The standard InChI is InChI=1S/C12H21FN2O2/c1-14-5-3-10(4-6-14)15-8-9(13)7-11(15)12(16)17-2/h9-11H,3-8H2,1-2H3/t9-,11?/m0/s1. The normalized spacial score (nSPS) is 32.9. The molecule has 2 fully saturated rings. The van der Waals surface area contributed by atoms with Gasteiger partial charge in [0.2, 0.25) is 0 Å². The number of hydrogen-bond acceptors (Lipinski definition) is 4. The summed E-state index contributed by atoms with van der Waals surface area (Å²) >= 11 is 0. The van der Waals surface area contributed by atoms with Gasteiger partial charge in [-0.2, -0.15) is 0 Å². The first-order chi connectivity index (χ1) is 8.11. The molecule has 0 aromatic carbocycles. The number of carbonyl (C=O) groups excluding carboxylic acids is 1. The number of methoxy groups -OCH3 is 1. The Morgan fingerprint density at radius 3 is 2.59 bits per heavy atom. The first kappa shape index (κ1) is 12.8. The van der Waals surface area contributed by atoms with Crippen LogP contribution in [0.25, 0.3) is 0 Å². The number of nitrogens with zero attached hydrogens (tertiary/aromatic N) is 2. The molecule has 0 aromatic heterocycles. The number of esters is 1. The number of ether oxygens (including phenoxy) is 1. The second kappa shape index (κ2) is 5.31. The first-order valence-corrected chi connectivity index (χ1v) is 6.28. The molecule has 0 aromatic rings. The van der Waals surface area contributed by atoms with Gasteiger partial charge in [-0.1, -0.05) is 0 Å². The molecule has 2 rings (SSSR count). The molecule has 17 heavy (non-hydrogen) atoms. The van der Waals surface area contributed by atoms with Gasteiger partial charge < -0.3 is 9.64 Å². The molecular formula is C12H21FN2O2. The lowest BCUT2D eigenvalue weighted by Gasteiger charge is -2.37. The van der Waals surface area contributed by atoms with E-state index in [1.165, 1.54) is 7.11 Å². The minimum absolute atomic E-state index is 0.288. The van der Waals surface area contributed by atoms with E-state index < -0.39 is 6.17 Å². The van der Waals surface area contributed by atoms with Crippen molar-refractivity contribution in [1.82, 2.24) is 9.80 Å². The second-order valence-corrected chi connectivity index (χ2v) is 5.10. The van der Waals surface area contributed by atoms with Gasteiger partial charge in [-0.25, -0.2) is 4.39 Å². The molecule has 2 saturated heterocycles. The molecule has 5 heteroatoms. The fourth-order valence-corrected chi connectivity index (χ4v) is 2.91. The molecule has 0 radical (unpaired) electrons. The Hall–Kier alpha value is -0.680. The molecule has 0 aliphatic carbocycles. The molecule has 4 nitrogen and oxygen atoms in total. The Morgan fingerprint density at radius 2 is 2.00 bits per heavy atom. The van der Waals surface area contributed by atoms with Crippen LogP contribution in [0.4, 0.5) is 4.39 Å². The van der Waals surface area contributed by atoms with Gasteiger partial charge in [0.15, 0.2) is 0 Å². The van der Waals surface area contributed by atoms with E-state index in [2.05, 4.69) is 11.9 Å². The van der Waals surface area contributed by atoms with Crippen molar-refractivity contribution in [2.45, 2.75) is 37.5 Å². The van der Waals surface area contributed by atoms with Crippen LogP contribution < -0.4 is 0 Å². The van der Waals surface area contributed by atoms with Crippen molar-refractivity contribution in [3.8, 4) is 0 Å². The topological polar surface area (TPSA) is 32.8 Å². The molecule has 98 valence electrons. The highest BCUT2D eigenvalue weighted by atomic mass is 19.1. The number of carbonyl (C=O) groups is 1. The van der Waals surface area contributed by atoms with Gasteiger partial charge in [0.1, 0.15) is 12.2 Å². The third-order valence-corrected chi connectivity index (χ3v) is 3.92. The van der Waals surface area contributed by atoms with E-state index in [-0.39, 0.29) is 12.0 Å². The van der Waals surface area contributed by atoms with Crippen LogP contribution in [0.5, 0.6) is 0 Å². The van der Waals surface area contributed by atoms with Gasteiger partial charge >= 0.3 is 5.97 Å². The molecule has 2 atom stereocenters. The fraction of sp³-hybridized carbons (Fsp3) is 0.917. The lowest BCUT2D eigenvalue weighted by Crippen LogP contribution is -2.48. The summed E-state index contributed by atoms with van der Waals surface area (Å²) in [4.78, 5) is 15.9. The van der Waals surface area contributed by atoms with Crippen LogP contribution in [-0.2, 0) is 9.53 Å². The predicted octanol–water partition coefficient (Wildman–Crippen LogP) is 0.666. The summed E-state index contributed by atoms with van der Waals surface area (Å²) in [6, 6.07) is -0.0422. The lowest BCUT2D eigenvalue weighted by molar-refractivity contribution is -0.147. The summed E-state index contributed by atoms with van der Waals surface area (Å²) in [6.07, 6.45) is 1.42. The zero-order valence-electron chi connectivity index (χ0n) is 10.6. The average molecular weight is 244 g/mol.